The number of rotatable bonds is 3. The lowest BCUT2D eigenvalue weighted by Crippen LogP contribution is -2.02. The van der Waals surface area contributed by atoms with Crippen LogP contribution in [0.15, 0.2) is 41.3 Å². The molecule has 5 heteroatoms. The summed E-state index contributed by atoms with van der Waals surface area (Å²) in [5.74, 6) is -1.75. The molecule has 0 heterocycles. The molecule has 0 aromatic heterocycles. The number of nitrogens with two attached hydrogens (primary N) is 1. The summed E-state index contributed by atoms with van der Waals surface area (Å²) in [6.45, 7) is 1.89. The van der Waals surface area contributed by atoms with Crippen LogP contribution in [-0.4, -0.2) is 4.21 Å². The molecule has 0 aliphatic rings. The van der Waals surface area contributed by atoms with Gasteiger partial charge in [-0.25, -0.2) is 8.78 Å². The molecule has 0 aliphatic heterocycles. The lowest BCUT2D eigenvalue weighted by Gasteiger charge is -2.07. The zero-order valence-electron chi connectivity index (χ0n) is 10.3. The van der Waals surface area contributed by atoms with Crippen LogP contribution in [-0.2, 0) is 16.6 Å². The highest BCUT2D eigenvalue weighted by Crippen LogP contribution is 2.21. The molecule has 100 valence electrons. The molecule has 2 rings (SSSR count). The minimum Gasteiger partial charge on any atom is -0.398 e. The number of anilines is 1. The van der Waals surface area contributed by atoms with Crippen molar-refractivity contribution in [3.05, 3.63) is 59.2 Å². The van der Waals surface area contributed by atoms with Crippen molar-refractivity contribution in [3.63, 3.8) is 0 Å². The van der Waals surface area contributed by atoms with Crippen LogP contribution in [0.4, 0.5) is 14.5 Å². The zero-order chi connectivity index (χ0) is 14.0. The molecule has 1 atom stereocenters. The molecule has 0 fully saturated rings. The Kier molecular flexibility index (Phi) is 3.95. The van der Waals surface area contributed by atoms with Crippen molar-refractivity contribution in [2.45, 2.75) is 17.6 Å². The van der Waals surface area contributed by atoms with Crippen molar-refractivity contribution in [1.82, 2.24) is 0 Å². The van der Waals surface area contributed by atoms with Crippen molar-refractivity contribution in [2.75, 3.05) is 5.73 Å². The lowest BCUT2D eigenvalue weighted by atomic mass is 10.2. The first-order chi connectivity index (χ1) is 8.97. The number of aryl methyl sites for hydroxylation is 1. The topological polar surface area (TPSA) is 43.1 Å². The largest absolute Gasteiger partial charge is 0.398 e. The molecule has 0 spiro atoms. The minimum atomic E-state index is -1.38. The van der Waals surface area contributed by atoms with E-state index in [0.717, 1.165) is 17.7 Å². The van der Waals surface area contributed by atoms with E-state index < -0.39 is 22.4 Å². The normalized spacial score (nSPS) is 12.4. The van der Waals surface area contributed by atoms with Crippen LogP contribution < -0.4 is 5.73 Å². The lowest BCUT2D eigenvalue weighted by molar-refractivity contribution is 0.507. The Morgan fingerprint density at radius 2 is 1.84 bits per heavy atom. The van der Waals surface area contributed by atoms with E-state index in [2.05, 4.69) is 0 Å². The summed E-state index contributed by atoms with van der Waals surface area (Å²) in [5, 5.41) is 0. The number of nitrogen functional groups attached to an aromatic ring is 1. The monoisotopic (exact) mass is 281 g/mol. The van der Waals surface area contributed by atoms with E-state index in [9.17, 15) is 13.0 Å². The maximum Gasteiger partial charge on any atom is 0.159 e. The summed E-state index contributed by atoms with van der Waals surface area (Å²) in [6.07, 6.45) is 0. The second-order valence-electron chi connectivity index (χ2n) is 4.28. The van der Waals surface area contributed by atoms with Gasteiger partial charge in [-0.1, -0.05) is 12.1 Å². The molecule has 0 saturated carbocycles. The third-order valence-corrected chi connectivity index (χ3v) is 4.15. The average Bonchev–Trinajstić information content (AvgIpc) is 2.33. The van der Waals surface area contributed by atoms with E-state index >= 15 is 0 Å². The fraction of sp³-hybridized carbons (Fsp3) is 0.143. The van der Waals surface area contributed by atoms with Crippen LogP contribution in [0.5, 0.6) is 0 Å². The molecule has 2 nitrogen and oxygen atoms in total. The predicted octanol–water partition coefficient (Wildman–Crippen LogP) is 3.16. The highest BCUT2D eigenvalue weighted by Gasteiger charge is 2.10. The maximum absolute atomic E-state index is 13.1. The Hall–Kier alpha value is -1.75. The van der Waals surface area contributed by atoms with E-state index in [0.29, 0.717) is 16.1 Å². The number of benzene rings is 2. The Bertz CT molecular complexity index is 643. The Morgan fingerprint density at radius 3 is 2.47 bits per heavy atom. The van der Waals surface area contributed by atoms with Gasteiger partial charge < -0.3 is 5.73 Å². The van der Waals surface area contributed by atoms with Crippen LogP contribution in [0.2, 0.25) is 0 Å². The summed E-state index contributed by atoms with van der Waals surface area (Å²) in [5.41, 5.74) is 7.70. The molecule has 2 aromatic carbocycles. The first kappa shape index (κ1) is 13.7. The summed E-state index contributed by atoms with van der Waals surface area (Å²) < 4.78 is 38.0. The van der Waals surface area contributed by atoms with Gasteiger partial charge in [0.1, 0.15) is 0 Å². The average molecular weight is 281 g/mol. The van der Waals surface area contributed by atoms with Crippen LogP contribution >= 0.6 is 0 Å². The van der Waals surface area contributed by atoms with Crippen molar-refractivity contribution in [3.8, 4) is 0 Å². The van der Waals surface area contributed by atoms with Gasteiger partial charge in [0, 0.05) is 5.69 Å². The van der Waals surface area contributed by atoms with Crippen molar-refractivity contribution >= 4 is 16.5 Å². The third kappa shape index (κ3) is 3.17. The van der Waals surface area contributed by atoms with E-state index in [4.69, 9.17) is 5.73 Å². The van der Waals surface area contributed by atoms with Gasteiger partial charge in [-0.2, -0.15) is 0 Å². The molecule has 0 aliphatic carbocycles. The molecule has 2 aromatic rings. The van der Waals surface area contributed by atoms with Gasteiger partial charge in [0.2, 0.25) is 0 Å². The van der Waals surface area contributed by atoms with Gasteiger partial charge in [-0.3, -0.25) is 4.21 Å². The summed E-state index contributed by atoms with van der Waals surface area (Å²) in [7, 11) is -1.38. The standard InChI is InChI=1S/C14H13F2NOS/c1-9-2-5-14(13(17)6-9)19(18)8-10-3-4-11(15)12(16)7-10/h2-7H,8,17H2,1H3. The number of hydrogen-bond acceptors (Lipinski definition) is 2. The van der Waals surface area contributed by atoms with Crippen LogP contribution in [0.25, 0.3) is 0 Å². The SMILES string of the molecule is Cc1ccc(S(=O)Cc2ccc(F)c(F)c2)c(N)c1. The van der Waals surface area contributed by atoms with Gasteiger partial charge in [-0.05, 0) is 42.3 Å². The highest BCUT2D eigenvalue weighted by atomic mass is 32.2. The summed E-state index contributed by atoms with van der Waals surface area (Å²) >= 11 is 0. The van der Waals surface area contributed by atoms with Gasteiger partial charge >= 0.3 is 0 Å². The molecule has 1 unspecified atom stereocenters. The Balaban J connectivity index is 2.23. The van der Waals surface area contributed by atoms with E-state index in [-0.39, 0.29) is 5.75 Å². The fourth-order valence-corrected chi connectivity index (χ4v) is 2.91. The summed E-state index contributed by atoms with van der Waals surface area (Å²) in [6, 6.07) is 8.74. The van der Waals surface area contributed by atoms with E-state index in [1.54, 1.807) is 12.1 Å². The fourth-order valence-electron chi connectivity index (χ4n) is 1.73. The number of hydrogen-bond donors (Lipinski definition) is 1. The maximum atomic E-state index is 13.1. The predicted molar refractivity (Wildman–Crippen MR) is 72.1 cm³/mol. The molecule has 0 radical (unpaired) electrons. The van der Waals surface area contributed by atoms with Crippen molar-refractivity contribution in [1.29, 1.82) is 0 Å². The molecule has 2 N–H and O–H groups in total. The van der Waals surface area contributed by atoms with Gasteiger partial charge in [0.25, 0.3) is 0 Å². The first-order valence-corrected chi connectivity index (χ1v) is 6.97. The van der Waals surface area contributed by atoms with Crippen LogP contribution in [0.3, 0.4) is 0 Å². The van der Waals surface area contributed by atoms with Crippen molar-refractivity contribution < 1.29 is 13.0 Å². The Morgan fingerprint density at radius 1 is 1.11 bits per heavy atom. The van der Waals surface area contributed by atoms with Gasteiger partial charge in [0.05, 0.1) is 21.4 Å². The third-order valence-electron chi connectivity index (χ3n) is 2.69. The second kappa shape index (κ2) is 5.48. The first-order valence-electron chi connectivity index (χ1n) is 5.66. The molecule has 0 amide bonds. The molecule has 0 bridgehead atoms. The smallest absolute Gasteiger partial charge is 0.159 e. The molecular formula is C14H13F2NOS. The zero-order valence-corrected chi connectivity index (χ0v) is 11.1. The van der Waals surface area contributed by atoms with E-state index in [1.165, 1.54) is 6.07 Å². The Labute approximate surface area is 112 Å². The van der Waals surface area contributed by atoms with Crippen LogP contribution in [0.1, 0.15) is 11.1 Å². The molecule has 19 heavy (non-hydrogen) atoms. The minimum absolute atomic E-state index is 0.102. The highest BCUT2D eigenvalue weighted by molar-refractivity contribution is 7.84. The molecule has 0 saturated heterocycles. The van der Waals surface area contributed by atoms with E-state index in [1.807, 2.05) is 13.0 Å². The van der Waals surface area contributed by atoms with Crippen molar-refractivity contribution in [2.24, 2.45) is 0 Å². The quantitative estimate of drug-likeness (QED) is 0.878. The van der Waals surface area contributed by atoms with Gasteiger partial charge in [0.15, 0.2) is 11.6 Å². The second-order valence-corrected chi connectivity index (χ2v) is 5.70. The number of halogens is 2. The van der Waals surface area contributed by atoms with Crippen LogP contribution in [0, 0.1) is 18.6 Å². The molecular weight excluding hydrogens is 268 g/mol. The van der Waals surface area contributed by atoms with Gasteiger partial charge in [-0.15, -0.1) is 0 Å². The summed E-state index contributed by atoms with van der Waals surface area (Å²) in [4.78, 5) is 0.510.